The Bertz CT molecular complexity index is 938. The number of carboxylic acid groups (broad SMARTS) is 1. The van der Waals surface area contributed by atoms with Gasteiger partial charge in [0.2, 0.25) is 9.04 Å². The molecular weight excluding hydrogens is 460 g/mol. The molecule has 4 aliphatic carbocycles. The van der Waals surface area contributed by atoms with Gasteiger partial charge in [-0.05, 0) is 121 Å². The molecular formula is C32H53O3Si. The summed E-state index contributed by atoms with van der Waals surface area (Å²) in [5.41, 5.74) is 6.36. The average molecular weight is 514 g/mol. The van der Waals surface area contributed by atoms with Crippen LogP contribution in [0.1, 0.15) is 107 Å². The third-order valence-corrected chi connectivity index (χ3v) is 12.2. The average Bonchev–Trinajstić information content (AvgIpc) is 3.08. The van der Waals surface area contributed by atoms with Crippen LogP contribution in [0.25, 0.3) is 0 Å². The number of carboxylic acids is 1. The summed E-state index contributed by atoms with van der Waals surface area (Å²) in [5, 5.41) is 9.79. The van der Waals surface area contributed by atoms with Gasteiger partial charge < -0.3 is 9.53 Å². The third kappa shape index (κ3) is 4.50. The Morgan fingerprint density at radius 3 is 2.36 bits per heavy atom. The highest BCUT2D eigenvalue weighted by molar-refractivity contribution is 6.48. The van der Waals surface area contributed by atoms with E-state index in [1.807, 2.05) is 13.1 Å². The number of hydrogen-bond donors (Lipinski definition) is 1. The zero-order valence-electron chi connectivity index (χ0n) is 24.9. The van der Waals surface area contributed by atoms with Crippen LogP contribution in [0.15, 0.2) is 22.8 Å². The molecule has 0 aromatic rings. The lowest BCUT2D eigenvalue weighted by atomic mass is 9.42. The molecule has 203 valence electrons. The van der Waals surface area contributed by atoms with Gasteiger partial charge in [0.25, 0.3) is 0 Å². The maximum Gasteiger partial charge on any atom is 0.331 e. The van der Waals surface area contributed by atoms with Gasteiger partial charge in [-0.25, -0.2) is 4.79 Å². The summed E-state index contributed by atoms with van der Waals surface area (Å²) in [6.45, 7) is 24.0. The van der Waals surface area contributed by atoms with Crippen molar-refractivity contribution in [3.05, 3.63) is 22.8 Å². The van der Waals surface area contributed by atoms with Crippen LogP contribution in [-0.2, 0) is 9.22 Å². The summed E-state index contributed by atoms with van der Waals surface area (Å²) < 4.78 is 5.90. The number of hydrogen-bond acceptors (Lipinski definition) is 2. The smallest absolute Gasteiger partial charge is 0.331 e. The van der Waals surface area contributed by atoms with Crippen LogP contribution in [0.4, 0.5) is 0 Å². The second-order valence-corrected chi connectivity index (χ2v) is 17.2. The molecule has 4 heteroatoms. The van der Waals surface area contributed by atoms with Crippen molar-refractivity contribution in [2.24, 2.45) is 45.3 Å². The summed E-state index contributed by atoms with van der Waals surface area (Å²) in [4.78, 5) is 11.9. The number of rotatable bonds is 6. The zero-order valence-corrected chi connectivity index (χ0v) is 25.9. The van der Waals surface area contributed by atoms with Crippen molar-refractivity contribution in [1.29, 1.82) is 0 Å². The van der Waals surface area contributed by atoms with Gasteiger partial charge in [-0.15, -0.1) is 0 Å². The highest BCUT2D eigenvalue weighted by atomic mass is 28.3. The van der Waals surface area contributed by atoms with Crippen LogP contribution in [0.2, 0.25) is 13.1 Å². The minimum Gasteiger partial charge on any atom is -0.479 e. The first-order valence-electron chi connectivity index (χ1n) is 14.7. The summed E-state index contributed by atoms with van der Waals surface area (Å²) in [6, 6.07) is 0. The Hall–Kier alpha value is -0.873. The van der Waals surface area contributed by atoms with Gasteiger partial charge in [0.1, 0.15) is 6.10 Å². The van der Waals surface area contributed by atoms with Gasteiger partial charge in [-0.2, -0.15) is 0 Å². The van der Waals surface area contributed by atoms with Crippen molar-refractivity contribution in [1.82, 2.24) is 0 Å². The molecule has 4 aliphatic rings. The van der Waals surface area contributed by atoms with Gasteiger partial charge in [0.05, 0.1) is 0 Å². The summed E-state index contributed by atoms with van der Waals surface area (Å²) in [6.07, 6.45) is 11.3. The second-order valence-electron chi connectivity index (χ2n) is 15.2. The Balaban J connectivity index is 1.60. The molecule has 1 saturated carbocycles. The molecule has 0 spiro atoms. The maximum atomic E-state index is 11.9. The Kier molecular flexibility index (Phi) is 7.35. The fourth-order valence-corrected chi connectivity index (χ4v) is 10.9. The SMILES string of the molecule is C[C@H](CC(O[Si](C)C)C(=O)O)[C@H]1CC=C2C3=C(CC[C@@]21C)[C@@]1(C)CC[C@H](C(C)(C)C)C(C)(C)[C@@H]1CC3. The van der Waals surface area contributed by atoms with Crippen molar-refractivity contribution in [3.63, 3.8) is 0 Å². The van der Waals surface area contributed by atoms with Crippen molar-refractivity contribution in [3.8, 4) is 0 Å². The lowest BCUT2D eigenvalue weighted by Crippen LogP contribution is -2.53. The van der Waals surface area contributed by atoms with Crippen LogP contribution in [0.3, 0.4) is 0 Å². The van der Waals surface area contributed by atoms with Crippen LogP contribution in [0.5, 0.6) is 0 Å². The predicted octanol–water partition coefficient (Wildman–Crippen LogP) is 8.68. The number of aliphatic carboxylic acids is 1. The van der Waals surface area contributed by atoms with Crippen molar-refractivity contribution < 1.29 is 14.3 Å². The predicted molar refractivity (Wildman–Crippen MR) is 151 cm³/mol. The maximum absolute atomic E-state index is 11.9. The monoisotopic (exact) mass is 513 g/mol. The molecule has 1 N–H and O–H groups in total. The Morgan fingerprint density at radius 2 is 1.78 bits per heavy atom. The molecule has 0 aliphatic heterocycles. The van der Waals surface area contributed by atoms with E-state index < -0.39 is 21.1 Å². The highest BCUT2D eigenvalue weighted by Gasteiger charge is 2.59. The molecule has 0 bridgehead atoms. The van der Waals surface area contributed by atoms with Crippen molar-refractivity contribution in [2.45, 2.75) is 126 Å². The topological polar surface area (TPSA) is 46.5 Å². The summed E-state index contributed by atoms with van der Waals surface area (Å²) in [5.74, 6) is 1.58. The van der Waals surface area contributed by atoms with Gasteiger partial charge in [-0.1, -0.05) is 67.0 Å². The highest BCUT2D eigenvalue weighted by Crippen LogP contribution is 2.69. The molecule has 1 unspecified atom stereocenters. The van der Waals surface area contributed by atoms with E-state index in [1.54, 1.807) is 16.7 Å². The molecule has 0 saturated heterocycles. The molecule has 0 amide bonds. The standard InChI is InChI=1S/C32H53O3Si/c1-20(19-25(28(33)34)35-36(9)10)22-12-13-23-21-11-14-27-30(5,6)26(29(2,3)4)16-18-32(27,8)24(21)15-17-31(22,23)7/h13,20,22,25-27H,11-12,14-19H2,1-10H3,(H,33,34)/t20-,22-,25?,26-,27+,31-,32-/m1/s1. The third-order valence-electron chi connectivity index (χ3n) is 11.5. The molecule has 0 aromatic carbocycles. The van der Waals surface area contributed by atoms with Crippen molar-refractivity contribution in [2.75, 3.05) is 0 Å². The van der Waals surface area contributed by atoms with E-state index in [4.69, 9.17) is 4.43 Å². The van der Waals surface area contributed by atoms with Crippen molar-refractivity contribution >= 4 is 15.0 Å². The van der Waals surface area contributed by atoms with Crippen LogP contribution in [0, 0.1) is 45.3 Å². The first kappa shape index (κ1) is 28.1. The van der Waals surface area contributed by atoms with E-state index in [1.165, 1.54) is 38.5 Å². The number of fused-ring (bicyclic) bond motifs is 4. The molecule has 1 radical (unpaired) electrons. The number of allylic oxidation sites excluding steroid dienone is 4. The minimum atomic E-state index is -1.04. The van der Waals surface area contributed by atoms with Gasteiger partial charge in [-0.3, -0.25) is 0 Å². The van der Waals surface area contributed by atoms with E-state index in [9.17, 15) is 9.90 Å². The fraction of sp³-hybridized carbons (Fsp3) is 0.844. The van der Waals surface area contributed by atoms with Crippen LogP contribution in [-0.4, -0.2) is 26.2 Å². The molecule has 36 heavy (non-hydrogen) atoms. The molecule has 4 rings (SSSR count). The largest absolute Gasteiger partial charge is 0.479 e. The normalized spacial score (nSPS) is 37.6. The lowest BCUT2D eigenvalue weighted by molar-refractivity contribution is -0.146. The van der Waals surface area contributed by atoms with Gasteiger partial charge in [0, 0.05) is 0 Å². The van der Waals surface area contributed by atoms with Gasteiger partial charge in [0.15, 0.2) is 0 Å². The molecule has 0 aromatic heterocycles. The first-order valence-corrected chi connectivity index (χ1v) is 17.1. The Labute approximate surface area is 223 Å². The van der Waals surface area contributed by atoms with Gasteiger partial charge >= 0.3 is 5.97 Å². The van der Waals surface area contributed by atoms with E-state index in [0.29, 0.717) is 34.5 Å². The van der Waals surface area contributed by atoms with E-state index in [2.05, 4.69) is 61.5 Å². The quantitative estimate of drug-likeness (QED) is 0.361. The lowest BCUT2D eigenvalue weighted by Gasteiger charge is -2.62. The zero-order chi connectivity index (χ0) is 26.8. The van der Waals surface area contributed by atoms with Crippen LogP contribution >= 0.6 is 0 Å². The molecule has 3 nitrogen and oxygen atoms in total. The molecule has 0 heterocycles. The second kappa shape index (κ2) is 9.40. The van der Waals surface area contributed by atoms with E-state index >= 15 is 0 Å². The molecule has 1 fully saturated rings. The summed E-state index contributed by atoms with van der Waals surface area (Å²) >= 11 is 0. The number of carbonyl (C=O) groups is 1. The fourth-order valence-electron chi connectivity index (χ4n) is 10.1. The first-order chi connectivity index (χ1) is 16.5. The summed E-state index contributed by atoms with van der Waals surface area (Å²) in [7, 11) is -1.04. The van der Waals surface area contributed by atoms with E-state index in [-0.39, 0.29) is 5.41 Å². The van der Waals surface area contributed by atoms with Crippen LogP contribution < -0.4 is 0 Å². The van der Waals surface area contributed by atoms with E-state index in [0.717, 1.165) is 18.3 Å². The minimum absolute atomic E-state index is 0.175. The Morgan fingerprint density at radius 1 is 1.11 bits per heavy atom. The molecule has 7 atom stereocenters.